The van der Waals surface area contributed by atoms with Crippen molar-refractivity contribution < 1.29 is 9.90 Å². The third-order valence-electron chi connectivity index (χ3n) is 3.22. The first-order chi connectivity index (χ1) is 6.77. The smallest absolute Gasteiger partial charge is 0.220 e. The predicted molar refractivity (Wildman–Crippen MR) is 50.4 cm³/mol. The Bertz CT molecular complexity index is 402. The van der Waals surface area contributed by atoms with Gasteiger partial charge in [0, 0.05) is 12.3 Å². The number of fused-ring (bicyclic) bond motifs is 3. The van der Waals surface area contributed by atoms with Gasteiger partial charge in [-0.1, -0.05) is 24.3 Å². The van der Waals surface area contributed by atoms with Gasteiger partial charge in [-0.15, -0.1) is 0 Å². The molecule has 1 aromatic carbocycles. The summed E-state index contributed by atoms with van der Waals surface area (Å²) >= 11 is 0. The number of hydrogen-bond acceptors (Lipinski definition) is 2. The topological polar surface area (TPSA) is 49.3 Å². The Labute approximate surface area is 81.8 Å². The molecule has 1 fully saturated rings. The minimum absolute atomic E-state index is 0.0358. The summed E-state index contributed by atoms with van der Waals surface area (Å²) in [4.78, 5) is 11.2. The van der Waals surface area contributed by atoms with E-state index < -0.39 is 6.10 Å². The van der Waals surface area contributed by atoms with Crippen molar-refractivity contribution in [3.63, 3.8) is 0 Å². The molecule has 1 aliphatic carbocycles. The third kappa shape index (κ3) is 0.876. The fourth-order valence-corrected chi connectivity index (χ4v) is 2.57. The quantitative estimate of drug-likeness (QED) is 0.637. The third-order valence-corrected chi connectivity index (χ3v) is 3.22. The molecular formula is C11H11NO2. The Morgan fingerprint density at radius 3 is 2.79 bits per heavy atom. The summed E-state index contributed by atoms with van der Waals surface area (Å²) in [7, 11) is 0. The van der Waals surface area contributed by atoms with Crippen molar-refractivity contribution in [3.05, 3.63) is 35.4 Å². The second-order valence-corrected chi connectivity index (χ2v) is 3.99. The normalized spacial score (nSPS) is 33.8. The number of nitrogens with one attached hydrogen (secondary N) is 1. The van der Waals surface area contributed by atoms with E-state index in [4.69, 9.17) is 0 Å². The summed E-state index contributed by atoms with van der Waals surface area (Å²) in [6.07, 6.45) is -0.0318. The van der Waals surface area contributed by atoms with Gasteiger partial charge in [-0.3, -0.25) is 4.79 Å². The molecule has 1 aliphatic heterocycles. The van der Waals surface area contributed by atoms with E-state index in [1.807, 2.05) is 24.3 Å². The van der Waals surface area contributed by atoms with Gasteiger partial charge in [0.05, 0.1) is 12.1 Å². The number of rotatable bonds is 0. The van der Waals surface area contributed by atoms with Crippen molar-refractivity contribution >= 4 is 5.91 Å². The first kappa shape index (κ1) is 8.00. The summed E-state index contributed by atoms with van der Waals surface area (Å²) < 4.78 is 0. The molecule has 1 amide bonds. The Hall–Kier alpha value is -1.35. The first-order valence-corrected chi connectivity index (χ1v) is 4.83. The van der Waals surface area contributed by atoms with Crippen molar-refractivity contribution in [1.29, 1.82) is 0 Å². The number of benzene rings is 1. The molecule has 0 radical (unpaired) electrons. The highest BCUT2D eigenvalue weighted by atomic mass is 16.3. The summed E-state index contributed by atoms with van der Waals surface area (Å²) in [6, 6.07) is 7.82. The van der Waals surface area contributed by atoms with Crippen molar-refractivity contribution in [3.8, 4) is 0 Å². The van der Waals surface area contributed by atoms with Gasteiger partial charge in [0.25, 0.3) is 0 Å². The number of aliphatic hydroxyl groups excluding tert-OH is 1. The van der Waals surface area contributed by atoms with Crippen LogP contribution in [0.1, 0.15) is 29.7 Å². The van der Waals surface area contributed by atoms with E-state index in [9.17, 15) is 9.90 Å². The van der Waals surface area contributed by atoms with E-state index in [1.165, 1.54) is 0 Å². The van der Waals surface area contributed by atoms with Crippen LogP contribution in [0.5, 0.6) is 0 Å². The standard InChI is InChI=1S/C11H11NO2/c13-9-5-8-10(12-9)6-3-1-2-4-7(6)11(8)14/h1-4,8,10-11,14H,5H2,(H,12,13). The molecule has 3 atom stereocenters. The van der Waals surface area contributed by atoms with Crippen LogP contribution in [0.25, 0.3) is 0 Å². The lowest BCUT2D eigenvalue weighted by molar-refractivity contribution is -0.119. The van der Waals surface area contributed by atoms with Crippen LogP contribution in [0, 0.1) is 5.92 Å². The molecule has 72 valence electrons. The van der Waals surface area contributed by atoms with Gasteiger partial charge in [-0.05, 0) is 11.1 Å². The van der Waals surface area contributed by atoms with Gasteiger partial charge in [-0.25, -0.2) is 0 Å². The maximum Gasteiger partial charge on any atom is 0.220 e. The van der Waals surface area contributed by atoms with Crippen LogP contribution < -0.4 is 5.32 Å². The van der Waals surface area contributed by atoms with Gasteiger partial charge in [0.1, 0.15) is 0 Å². The molecule has 1 saturated heterocycles. The van der Waals surface area contributed by atoms with E-state index in [-0.39, 0.29) is 17.9 Å². The molecule has 3 heteroatoms. The molecule has 0 bridgehead atoms. The van der Waals surface area contributed by atoms with E-state index in [0.717, 1.165) is 11.1 Å². The second-order valence-electron chi connectivity index (χ2n) is 3.99. The number of carbonyl (C=O) groups is 1. The van der Waals surface area contributed by atoms with Crippen LogP contribution in [0.4, 0.5) is 0 Å². The summed E-state index contributed by atoms with van der Waals surface area (Å²) in [6.45, 7) is 0. The van der Waals surface area contributed by atoms with Gasteiger partial charge >= 0.3 is 0 Å². The molecule has 0 spiro atoms. The van der Waals surface area contributed by atoms with Crippen LogP contribution in [-0.4, -0.2) is 11.0 Å². The van der Waals surface area contributed by atoms with E-state index in [1.54, 1.807) is 0 Å². The summed E-state index contributed by atoms with van der Waals surface area (Å²) in [5.74, 6) is 0.0912. The number of hydrogen-bond donors (Lipinski definition) is 2. The van der Waals surface area contributed by atoms with Crippen LogP contribution in [0.2, 0.25) is 0 Å². The van der Waals surface area contributed by atoms with E-state index in [0.29, 0.717) is 6.42 Å². The average Bonchev–Trinajstić information content (AvgIpc) is 2.68. The molecule has 1 heterocycles. The molecule has 2 aliphatic rings. The van der Waals surface area contributed by atoms with E-state index >= 15 is 0 Å². The van der Waals surface area contributed by atoms with Gasteiger partial charge < -0.3 is 10.4 Å². The molecule has 3 unspecified atom stereocenters. The Morgan fingerprint density at radius 2 is 2.00 bits per heavy atom. The SMILES string of the molecule is O=C1CC2C(O)c3ccccc3C2N1. The average molecular weight is 189 g/mol. The largest absolute Gasteiger partial charge is 0.388 e. The van der Waals surface area contributed by atoms with Crippen molar-refractivity contribution in [2.45, 2.75) is 18.6 Å². The first-order valence-electron chi connectivity index (χ1n) is 4.83. The Balaban J connectivity index is 2.11. The fraction of sp³-hybridized carbons (Fsp3) is 0.364. The maximum atomic E-state index is 11.2. The van der Waals surface area contributed by atoms with Crippen molar-refractivity contribution in [1.82, 2.24) is 5.32 Å². The van der Waals surface area contributed by atoms with Crippen LogP contribution in [0.15, 0.2) is 24.3 Å². The van der Waals surface area contributed by atoms with Crippen LogP contribution >= 0.6 is 0 Å². The molecule has 2 N–H and O–H groups in total. The highest BCUT2D eigenvalue weighted by Gasteiger charge is 2.45. The fourth-order valence-electron chi connectivity index (χ4n) is 2.57. The highest BCUT2D eigenvalue weighted by Crippen LogP contribution is 2.47. The predicted octanol–water partition coefficient (Wildman–Crippen LogP) is 0.911. The monoisotopic (exact) mass is 189 g/mol. The lowest BCUT2D eigenvalue weighted by Gasteiger charge is -2.10. The Morgan fingerprint density at radius 1 is 1.29 bits per heavy atom. The number of carbonyl (C=O) groups excluding carboxylic acids is 1. The molecule has 3 rings (SSSR count). The van der Waals surface area contributed by atoms with Gasteiger partial charge in [0.2, 0.25) is 5.91 Å². The lowest BCUT2D eigenvalue weighted by atomic mass is 10.00. The zero-order valence-electron chi connectivity index (χ0n) is 7.60. The van der Waals surface area contributed by atoms with Crippen LogP contribution in [-0.2, 0) is 4.79 Å². The maximum absolute atomic E-state index is 11.2. The minimum atomic E-state index is -0.477. The summed E-state index contributed by atoms with van der Waals surface area (Å²) in [5, 5.41) is 12.9. The molecule has 0 aromatic heterocycles. The zero-order chi connectivity index (χ0) is 9.71. The number of amides is 1. The van der Waals surface area contributed by atoms with Gasteiger partial charge in [0.15, 0.2) is 0 Å². The second kappa shape index (κ2) is 2.58. The molecule has 0 saturated carbocycles. The van der Waals surface area contributed by atoms with Crippen LogP contribution in [0.3, 0.4) is 0 Å². The lowest BCUT2D eigenvalue weighted by Crippen LogP contribution is -2.18. The summed E-state index contributed by atoms with van der Waals surface area (Å²) in [5.41, 5.74) is 2.05. The molecule has 1 aromatic rings. The molecule has 3 nitrogen and oxygen atoms in total. The Kier molecular flexibility index (Phi) is 1.47. The molecular weight excluding hydrogens is 178 g/mol. The molecule has 14 heavy (non-hydrogen) atoms. The minimum Gasteiger partial charge on any atom is -0.388 e. The number of aliphatic hydroxyl groups is 1. The van der Waals surface area contributed by atoms with E-state index in [2.05, 4.69) is 5.32 Å². The van der Waals surface area contributed by atoms with Gasteiger partial charge in [-0.2, -0.15) is 0 Å². The highest BCUT2D eigenvalue weighted by molar-refractivity contribution is 5.80. The van der Waals surface area contributed by atoms with Crippen molar-refractivity contribution in [2.24, 2.45) is 5.92 Å². The zero-order valence-corrected chi connectivity index (χ0v) is 7.60. The van der Waals surface area contributed by atoms with Crippen molar-refractivity contribution in [2.75, 3.05) is 0 Å².